The zero-order valence-corrected chi connectivity index (χ0v) is 12.1. The SMILES string of the molecule is c1ccc2[nH]ccc2c1.c1ccc2c(c1)ccc1c[nH]cc12. The second-order valence-electron chi connectivity index (χ2n) is 5.31. The van der Waals surface area contributed by atoms with Crippen LogP contribution < -0.4 is 0 Å². The van der Waals surface area contributed by atoms with Gasteiger partial charge in [-0.25, -0.2) is 0 Å². The first-order valence-electron chi connectivity index (χ1n) is 7.38. The lowest BCUT2D eigenvalue weighted by molar-refractivity contribution is 1.43. The molecule has 0 aliphatic carbocycles. The molecule has 0 bridgehead atoms. The molecule has 0 fully saturated rings. The van der Waals surface area contributed by atoms with E-state index in [2.05, 4.69) is 70.8 Å². The van der Waals surface area contributed by atoms with E-state index < -0.39 is 0 Å². The van der Waals surface area contributed by atoms with Crippen LogP contribution in [-0.2, 0) is 0 Å². The summed E-state index contributed by atoms with van der Waals surface area (Å²) < 4.78 is 0. The van der Waals surface area contributed by atoms with Crippen LogP contribution >= 0.6 is 0 Å². The van der Waals surface area contributed by atoms with E-state index in [0.29, 0.717) is 0 Å². The maximum atomic E-state index is 3.13. The van der Waals surface area contributed by atoms with Crippen LogP contribution in [-0.4, -0.2) is 9.97 Å². The molecule has 2 nitrogen and oxygen atoms in total. The molecule has 0 amide bonds. The Labute approximate surface area is 128 Å². The van der Waals surface area contributed by atoms with E-state index in [9.17, 15) is 0 Å². The van der Waals surface area contributed by atoms with Crippen molar-refractivity contribution in [1.29, 1.82) is 0 Å². The van der Waals surface area contributed by atoms with Crippen molar-refractivity contribution in [2.75, 3.05) is 0 Å². The molecule has 2 heteroatoms. The fourth-order valence-corrected chi connectivity index (χ4v) is 2.81. The molecule has 2 N–H and O–H groups in total. The van der Waals surface area contributed by atoms with Gasteiger partial charge in [-0.2, -0.15) is 0 Å². The second-order valence-corrected chi connectivity index (χ2v) is 5.31. The van der Waals surface area contributed by atoms with Crippen molar-refractivity contribution in [3.63, 3.8) is 0 Å². The zero-order chi connectivity index (χ0) is 14.8. The standard InChI is InChI=1S/C12H9N.C8H7N/c1-2-4-11-9(3-1)5-6-10-7-13-8-12(10)11;1-2-4-8-7(3-1)5-6-9-8/h1-8,13H;1-6,9H. The van der Waals surface area contributed by atoms with E-state index in [4.69, 9.17) is 0 Å². The van der Waals surface area contributed by atoms with Gasteiger partial charge in [0.25, 0.3) is 0 Å². The first-order valence-corrected chi connectivity index (χ1v) is 7.38. The predicted octanol–water partition coefficient (Wildman–Crippen LogP) is 5.49. The number of rotatable bonds is 0. The molecular formula is C20H16N2. The summed E-state index contributed by atoms with van der Waals surface area (Å²) in [7, 11) is 0. The van der Waals surface area contributed by atoms with Crippen molar-refractivity contribution in [2.24, 2.45) is 0 Å². The maximum absolute atomic E-state index is 3.13. The van der Waals surface area contributed by atoms with Gasteiger partial charge in [0, 0.05) is 29.5 Å². The van der Waals surface area contributed by atoms with Gasteiger partial charge in [-0.05, 0) is 33.7 Å². The van der Waals surface area contributed by atoms with E-state index in [1.165, 1.54) is 32.4 Å². The van der Waals surface area contributed by atoms with Crippen LogP contribution in [0.2, 0.25) is 0 Å². The molecule has 3 aromatic carbocycles. The molecule has 0 radical (unpaired) electrons. The Morgan fingerprint density at radius 3 is 2.23 bits per heavy atom. The minimum absolute atomic E-state index is 1.21. The first kappa shape index (κ1) is 12.7. The van der Waals surface area contributed by atoms with Crippen LogP contribution in [0.25, 0.3) is 32.4 Å². The van der Waals surface area contributed by atoms with Gasteiger partial charge in [0.1, 0.15) is 0 Å². The van der Waals surface area contributed by atoms with Gasteiger partial charge in [-0.15, -0.1) is 0 Å². The van der Waals surface area contributed by atoms with Gasteiger partial charge in [0.05, 0.1) is 0 Å². The van der Waals surface area contributed by atoms with Crippen LogP contribution in [0.3, 0.4) is 0 Å². The van der Waals surface area contributed by atoms with E-state index in [1.54, 1.807) is 0 Å². The number of hydrogen-bond acceptors (Lipinski definition) is 0. The Morgan fingerprint density at radius 1 is 0.545 bits per heavy atom. The Morgan fingerprint density at radius 2 is 1.32 bits per heavy atom. The Bertz CT molecular complexity index is 1010. The minimum atomic E-state index is 1.21. The number of para-hydroxylation sites is 1. The van der Waals surface area contributed by atoms with Crippen molar-refractivity contribution < 1.29 is 0 Å². The fourth-order valence-electron chi connectivity index (χ4n) is 2.81. The number of hydrogen-bond donors (Lipinski definition) is 2. The molecule has 0 saturated heterocycles. The third kappa shape index (κ3) is 2.25. The molecule has 5 rings (SSSR count). The van der Waals surface area contributed by atoms with Gasteiger partial charge in [-0.3, -0.25) is 0 Å². The number of aromatic nitrogens is 2. The monoisotopic (exact) mass is 284 g/mol. The molecule has 2 aromatic heterocycles. The second kappa shape index (κ2) is 5.41. The summed E-state index contributed by atoms with van der Waals surface area (Å²) in [5.74, 6) is 0. The molecule has 0 unspecified atom stereocenters. The first-order chi connectivity index (χ1) is 10.9. The van der Waals surface area contributed by atoms with Gasteiger partial charge >= 0.3 is 0 Å². The van der Waals surface area contributed by atoms with Crippen molar-refractivity contribution in [3.8, 4) is 0 Å². The molecule has 0 atom stereocenters. The zero-order valence-electron chi connectivity index (χ0n) is 12.1. The summed E-state index contributed by atoms with van der Waals surface area (Å²) in [6.45, 7) is 0. The number of nitrogens with one attached hydrogen (secondary N) is 2. The average molecular weight is 284 g/mol. The van der Waals surface area contributed by atoms with Crippen LogP contribution in [0, 0.1) is 0 Å². The third-order valence-electron chi connectivity index (χ3n) is 3.93. The molecule has 5 aromatic rings. The number of H-pyrrole nitrogens is 2. The quantitative estimate of drug-likeness (QED) is 0.377. The Balaban J connectivity index is 0.000000122. The molecule has 0 aliphatic heterocycles. The van der Waals surface area contributed by atoms with Gasteiger partial charge in [-0.1, -0.05) is 54.6 Å². The highest BCUT2D eigenvalue weighted by atomic mass is 14.7. The molecule has 106 valence electrons. The van der Waals surface area contributed by atoms with Crippen LogP contribution in [0.4, 0.5) is 0 Å². The minimum Gasteiger partial charge on any atom is -0.366 e. The fraction of sp³-hybridized carbons (Fsp3) is 0. The lowest BCUT2D eigenvalue weighted by Gasteiger charge is -1.97. The third-order valence-corrected chi connectivity index (χ3v) is 3.93. The molecule has 2 heterocycles. The van der Waals surface area contributed by atoms with E-state index >= 15 is 0 Å². The predicted molar refractivity (Wildman–Crippen MR) is 94.1 cm³/mol. The van der Waals surface area contributed by atoms with Crippen LogP contribution in [0.1, 0.15) is 0 Å². The van der Waals surface area contributed by atoms with E-state index in [0.717, 1.165) is 0 Å². The summed E-state index contributed by atoms with van der Waals surface area (Å²) in [6, 6.07) is 23.0. The van der Waals surface area contributed by atoms with Crippen molar-refractivity contribution >= 4 is 32.4 Å². The molecule has 22 heavy (non-hydrogen) atoms. The van der Waals surface area contributed by atoms with Gasteiger partial charge in [0.15, 0.2) is 0 Å². The van der Waals surface area contributed by atoms with Crippen molar-refractivity contribution in [2.45, 2.75) is 0 Å². The molecular weight excluding hydrogens is 268 g/mol. The number of aromatic amines is 2. The lowest BCUT2D eigenvalue weighted by atomic mass is 10.1. The highest BCUT2D eigenvalue weighted by Crippen LogP contribution is 2.24. The Kier molecular flexibility index (Phi) is 3.13. The molecule has 0 saturated carbocycles. The van der Waals surface area contributed by atoms with Crippen LogP contribution in [0.15, 0.2) is 85.3 Å². The highest BCUT2D eigenvalue weighted by molar-refractivity contribution is 6.07. The highest BCUT2D eigenvalue weighted by Gasteiger charge is 1.98. The molecule has 0 aliphatic rings. The van der Waals surface area contributed by atoms with E-state index in [-0.39, 0.29) is 0 Å². The average Bonchev–Trinajstić information content (AvgIpc) is 3.24. The van der Waals surface area contributed by atoms with Crippen molar-refractivity contribution in [1.82, 2.24) is 9.97 Å². The van der Waals surface area contributed by atoms with Gasteiger partial charge in [0.2, 0.25) is 0 Å². The molecule has 0 spiro atoms. The summed E-state index contributed by atoms with van der Waals surface area (Å²) in [5, 5.41) is 6.48. The van der Waals surface area contributed by atoms with Gasteiger partial charge < -0.3 is 9.97 Å². The summed E-state index contributed by atoms with van der Waals surface area (Å²) in [4.78, 5) is 6.25. The maximum Gasteiger partial charge on any atom is 0.0453 e. The number of fused-ring (bicyclic) bond motifs is 4. The van der Waals surface area contributed by atoms with Crippen molar-refractivity contribution in [3.05, 3.63) is 85.3 Å². The normalized spacial score (nSPS) is 10.7. The lowest BCUT2D eigenvalue weighted by Crippen LogP contribution is -1.71. The largest absolute Gasteiger partial charge is 0.366 e. The topological polar surface area (TPSA) is 31.6 Å². The summed E-state index contributed by atoms with van der Waals surface area (Å²) >= 11 is 0. The Hall–Kier alpha value is -3.00. The van der Waals surface area contributed by atoms with E-state index in [1.807, 2.05) is 24.5 Å². The smallest absolute Gasteiger partial charge is 0.0453 e. The number of benzene rings is 3. The summed E-state index contributed by atoms with van der Waals surface area (Å²) in [5.41, 5.74) is 1.21. The van der Waals surface area contributed by atoms with Crippen LogP contribution in [0.5, 0.6) is 0 Å². The summed E-state index contributed by atoms with van der Waals surface area (Å²) in [6.07, 6.45) is 6.03.